The van der Waals surface area contributed by atoms with Crippen LogP contribution in [0.3, 0.4) is 0 Å². The highest BCUT2D eigenvalue weighted by Crippen LogP contribution is 2.15. The molecule has 0 bridgehead atoms. The second-order valence-electron chi connectivity index (χ2n) is 3.39. The predicted octanol–water partition coefficient (Wildman–Crippen LogP) is 1.07. The Morgan fingerprint density at radius 2 is 2.23 bits per heavy atom. The van der Waals surface area contributed by atoms with Crippen molar-refractivity contribution in [1.82, 2.24) is 5.32 Å². The molecule has 1 aliphatic heterocycles. The fourth-order valence-corrected chi connectivity index (χ4v) is 2.78. The van der Waals surface area contributed by atoms with Crippen LogP contribution in [0.2, 0.25) is 0 Å². The molecule has 1 aliphatic rings. The first kappa shape index (κ1) is 8.91. The highest BCUT2D eigenvalue weighted by atomic mass is 32.2. The molecule has 1 unspecified atom stereocenters. The van der Waals surface area contributed by atoms with Gasteiger partial charge in [-0.2, -0.15) is 0 Å². The first-order valence-electron chi connectivity index (χ1n) is 4.45. The number of nitrogens with one attached hydrogen (secondary N) is 1. The number of aryl methyl sites for hydroxylation is 1. The van der Waals surface area contributed by atoms with E-state index in [0.717, 1.165) is 18.0 Å². The molecule has 0 saturated carbocycles. The van der Waals surface area contributed by atoms with Gasteiger partial charge in [0.1, 0.15) is 0 Å². The maximum absolute atomic E-state index is 11.9. The van der Waals surface area contributed by atoms with Crippen LogP contribution in [0.1, 0.15) is 5.56 Å². The molecule has 1 atom stereocenters. The van der Waals surface area contributed by atoms with E-state index in [1.54, 1.807) is 0 Å². The van der Waals surface area contributed by atoms with Gasteiger partial charge in [-0.15, -0.1) is 0 Å². The smallest absolute Gasteiger partial charge is 0.0643 e. The zero-order chi connectivity index (χ0) is 9.26. The number of benzene rings is 1. The maximum Gasteiger partial charge on any atom is 0.0643 e. The molecule has 0 aliphatic carbocycles. The van der Waals surface area contributed by atoms with Crippen LogP contribution in [0.15, 0.2) is 29.2 Å². The van der Waals surface area contributed by atoms with Gasteiger partial charge in [-0.3, -0.25) is 4.21 Å². The van der Waals surface area contributed by atoms with Gasteiger partial charge in [-0.05, 0) is 24.6 Å². The zero-order valence-electron chi connectivity index (χ0n) is 7.62. The van der Waals surface area contributed by atoms with Gasteiger partial charge in [0.2, 0.25) is 0 Å². The Morgan fingerprint density at radius 3 is 2.77 bits per heavy atom. The van der Waals surface area contributed by atoms with Crippen molar-refractivity contribution in [1.29, 1.82) is 0 Å². The maximum atomic E-state index is 11.9. The third kappa shape index (κ3) is 1.81. The molecule has 1 saturated heterocycles. The fraction of sp³-hybridized carbons (Fsp3) is 0.400. The quantitative estimate of drug-likeness (QED) is 0.765. The SMILES string of the molecule is Cc1cccc(S(=O)C2CNC2)c1. The van der Waals surface area contributed by atoms with Crippen LogP contribution in [0.5, 0.6) is 0 Å². The van der Waals surface area contributed by atoms with Crippen LogP contribution in [0, 0.1) is 6.92 Å². The van der Waals surface area contributed by atoms with Crippen molar-refractivity contribution in [3.8, 4) is 0 Å². The van der Waals surface area contributed by atoms with E-state index in [0.29, 0.717) is 5.25 Å². The third-order valence-electron chi connectivity index (χ3n) is 2.27. The predicted molar refractivity (Wildman–Crippen MR) is 54.2 cm³/mol. The Hall–Kier alpha value is -0.670. The molecular formula is C10H13NOS. The summed E-state index contributed by atoms with van der Waals surface area (Å²) in [4.78, 5) is 0.964. The van der Waals surface area contributed by atoms with Crippen molar-refractivity contribution in [2.45, 2.75) is 17.1 Å². The molecule has 13 heavy (non-hydrogen) atoms. The molecule has 2 nitrogen and oxygen atoms in total. The van der Waals surface area contributed by atoms with Gasteiger partial charge in [-0.1, -0.05) is 12.1 Å². The van der Waals surface area contributed by atoms with Gasteiger partial charge in [0, 0.05) is 18.0 Å². The van der Waals surface area contributed by atoms with Crippen LogP contribution in [-0.2, 0) is 10.8 Å². The van der Waals surface area contributed by atoms with Crippen LogP contribution >= 0.6 is 0 Å². The monoisotopic (exact) mass is 195 g/mol. The Morgan fingerprint density at radius 1 is 1.46 bits per heavy atom. The van der Waals surface area contributed by atoms with E-state index in [1.807, 2.05) is 31.2 Å². The molecule has 0 amide bonds. The molecule has 1 aromatic rings. The van der Waals surface area contributed by atoms with Gasteiger partial charge in [0.25, 0.3) is 0 Å². The van der Waals surface area contributed by atoms with Crippen molar-refractivity contribution in [2.75, 3.05) is 13.1 Å². The fourth-order valence-electron chi connectivity index (χ4n) is 1.35. The summed E-state index contributed by atoms with van der Waals surface area (Å²) in [6, 6.07) is 7.95. The average molecular weight is 195 g/mol. The summed E-state index contributed by atoms with van der Waals surface area (Å²) in [5.74, 6) is 0. The number of rotatable bonds is 2. The minimum absolute atomic E-state index is 0.321. The van der Waals surface area contributed by atoms with Crippen LogP contribution in [0.25, 0.3) is 0 Å². The second-order valence-corrected chi connectivity index (χ2v) is 5.13. The molecule has 1 fully saturated rings. The number of hydrogen-bond donors (Lipinski definition) is 1. The molecule has 3 heteroatoms. The Balaban J connectivity index is 2.19. The molecule has 1 heterocycles. The van der Waals surface area contributed by atoms with Crippen LogP contribution in [0.4, 0.5) is 0 Å². The summed E-state index contributed by atoms with van der Waals surface area (Å²) < 4.78 is 11.9. The molecule has 1 N–H and O–H groups in total. The lowest BCUT2D eigenvalue weighted by molar-refractivity contribution is 0.526. The summed E-state index contributed by atoms with van der Waals surface area (Å²) in [7, 11) is -0.814. The van der Waals surface area contributed by atoms with Crippen molar-refractivity contribution < 1.29 is 4.21 Å². The lowest BCUT2D eigenvalue weighted by atomic mass is 10.2. The summed E-state index contributed by atoms with van der Waals surface area (Å²) in [5, 5.41) is 3.45. The topological polar surface area (TPSA) is 29.1 Å². The van der Waals surface area contributed by atoms with Crippen molar-refractivity contribution >= 4 is 10.8 Å². The molecular weight excluding hydrogens is 182 g/mol. The minimum atomic E-state index is -0.814. The van der Waals surface area contributed by atoms with Gasteiger partial charge >= 0.3 is 0 Å². The van der Waals surface area contributed by atoms with E-state index < -0.39 is 10.8 Å². The lowest BCUT2D eigenvalue weighted by Gasteiger charge is -2.26. The third-order valence-corrected chi connectivity index (χ3v) is 3.93. The Labute approximate surface area is 80.8 Å². The van der Waals surface area contributed by atoms with Gasteiger partial charge < -0.3 is 5.32 Å². The zero-order valence-corrected chi connectivity index (χ0v) is 8.43. The van der Waals surface area contributed by atoms with Crippen molar-refractivity contribution in [3.63, 3.8) is 0 Å². The molecule has 0 radical (unpaired) electrons. The van der Waals surface area contributed by atoms with Gasteiger partial charge in [-0.25, -0.2) is 0 Å². The highest BCUT2D eigenvalue weighted by molar-refractivity contribution is 7.85. The normalized spacial score (nSPS) is 19.5. The lowest BCUT2D eigenvalue weighted by Crippen LogP contribution is -2.49. The standard InChI is InChI=1S/C10H13NOS/c1-8-3-2-4-9(5-8)13(12)10-6-11-7-10/h2-5,10-11H,6-7H2,1H3. The summed E-state index contributed by atoms with van der Waals surface area (Å²) >= 11 is 0. The van der Waals surface area contributed by atoms with Crippen molar-refractivity contribution in [3.05, 3.63) is 29.8 Å². The Bertz CT molecular complexity index is 333. The van der Waals surface area contributed by atoms with E-state index in [2.05, 4.69) is 5.32 Å². The highest BCUT2D eigenvalue weighted by Gasteiger charge is 2.24. The average Bonchev–Trinajstić information content (AvgIpc) is 2.01. The van der Waals surface area contributed by atoms with E-state index >= 15 is 0 Å². The molecule has 70 valence electrons. The van der Waals surface area contributed by atoms with E-state index in [9.17, 15) is 4.21 Å². The van der Waals surface area contributed by atoms with E-state index in [4.69, 9.17) is 0 Å². The minimum Gasteiger partial charge on any atom is -0.314 e. The summed E-state index contributed by atoms with van der Waals surface area (Å²) in [6.07, 6.45) is 0. The molecule has 2 rings (SSSR count). The Kier molecular flexibility index (Phi) is 2.47. The molecule has 1 aromatic carbocycles. The largest absolute Gasteiger partial charge is 0.314 e. The molecule has 0 spiro atoms. The number of hydrogen-bond acceptors (Lipinski definition) is 2. The first-order valence-corrected chi connectivity index (χ1v) is 5.66. The van der Waals surface area contributed by atoms with E-state index in [1.165, 1.54) is 5.56 Å². The van der Waals surface area contributed by atoms with Gasteiger partial charge in [0.05, 0.1) is 16.0 Å². The van der Waals surface area contributed by atoms with Crippen molar-refractivity contribution in [2.24, 2.45) is 0 Å². The first-order chi connectivity index (χ1) is 6.27. The summed E-state index contributed by atoms with van der Waals surface area (Å²) in [5.41, 5.74) is 1.18. The second kappa shape index (κ2) is 3.60. The summed E-state index contributed by atoms with van der Waals surface area (Å²) in [6.45, 7) is 3.81. The van der Waals surface area contributed by atoms with Crippen LogP contribution in [-0.4, -0.2) is 22.5 Å². The molecule has 0 aromatic heterocycles. The van der Waals surface area contributed by atoms with E-state index in [-0.39, 0.29) is 0 Å². The van der Waals surface area contributed by atoms with Crippen LogP contribution < -0.4 is 5.32 Å². The van der Waals surface area contributed by atoms with Gasteiger partial charge in [0.15, 0.2) is 0 Å².